The Kier molecular flexibility index (Phi) is 7.76. The Morgan fingerprint density at radius 3 is 2.61 bits per heavy atom. The number of benzene rings is 1. The van der Waals surface area contributed by atoms with Gasteiger partial charge in [0.1, 0.15) is 0 Å². The molecule has 4 aliphatic rings. The highest BCUT2D eigenvalue weighted by molar-refractivity contribution is 6.02. The Morgan fingerprint density at radius 1 is 1.08 bits per heavy atom. The maximum absolute atomic E-state index is 13.5. The van der Waals surface area contributed by atoms with Gasteiger partial charge in [-0.15, -0.1) is 0 Å². The summed E-state index contributed by atoms with van der Waals surface area (Å²) in [6.07, 6.45) is 15.9. The molecular weight excluding hydrogens is 446 g/mol. The zero-order valence-electron chi connectivity index (χ0n) is 22.0. The minimum absolute atomic E-state index is 0.0794. The van der Waals surface area contributed by atoms with Gasteiger partial charge in [0.05, 0.1) is 0 Å². The standard InChI is InChI=1S/C31H41N3O2/c1-3-34(25-15-13-24(14-16-25)33-17-8-18-33)29-12-7-11-27-26(29)10-6-4-5-9-23-19-22(2)20-30(35)28(23)21-32-31(27)36/h4,6-7,11-12,19,24-25H,3,5,8-10,13-18,20-21H2,1-2H3,(H,32,36)/b6-4+. The minimum Gasteiger partial charge on any atom is -0.369 e. The van der Waals surface area contributed by atoms with E-state index in [1.807, 2.05) is 19.1 Å². The Hall–Kier alpha value is -2.66. The molecule has 1 amide bonds. The maximum Gasteiger partial charge on any atom is 0.251 e. The Balaban J connectivity index is 1.39. The number of anilines is 1. The quantitative estimate of drug-likeness (QED) is 0.581. The summed E-state index contributed by atoms with van der Waals surface area (Å²) in [6, 6.07) is 7.47. The second-order valence-corrected chi connectivity index (χ2v) is 10.9. The Bertz CT molecular complexity index is 1090. The normalized spacial score (nSPS) is 26.4. The monoisotopic (exact) mass is 487 g/mol. The van der Waals surface area contributed by atoms with Crippen LogP contribution >= 0.6 is 0 Å². The first-order valence-electron chi connectivity index (χ1n) is 14.0. The second-order valence-electron chi connectivity index (χ2n) is 10.9. The van der Waals surface area contributed by atoms with Gasteiger partial charge >= 0.3 is 0 Å². The zero-order valence-corrected chi connectivity index (χ0v) is 22.0. The molecule has 5 heteroatoms. The van der Waals surface area contributed by atoms with Crippen molar-refractivity contribution in [1.82, 2.24) is 10.2 Å². The van der Waals surface area contributed by atoms with Gasteiger partial charge < -0.3 is 15.1 Å². The van der Waals surface area contributed by atoms with Crippen LogP contribution in [0.5, 0.6) is 0 Å². The van der Waals surface area contributed by atoms with E-state index in [0.29, 0.717) is 19.0 Å². The van der Waals surface area contributed by atoms with Crippen LogP contribution in [0.2, 0.25) is 0 Å². The summed E-state index contributed by atoms with van der Waals surface area (Å²) in [5.74, 6) is 0.0654. The van der Waals surface area contributed by atoms with Gasteiger partial charge in [0.25, 0.3) is 5.91 Å². The van der Waals surface area contributed by atoms with Crippen LogP contribution < -0.4 is 10.2 Å². The van der Waals surface area contributed by atoms with Crippen LogP contribution in [0.4, 0.5) is 5.69 Å². The number of carbonyl (C=O) groups is 2. The second kappa shape index (κ2) is 11.2. The van der Waals surface area contributed by atoms with Crippen LogP contribution in [0, 0.1) is 0 Å². The lowest BCUT2D eigenvalue weighted by molar-refractivity contribution is -0.115. The molecule has 1 saturated heterocycles. The summed E-state index contributed by atoms with van der Waals surface area (Å²) in [6.45, 7) is 8.06. The molecule has 0 bridgehead atoms. The number of hydrogen-bond donors (Lipinski definition) is 1. The first-order valence-corrected chi connectivity index (χ1v) is 14.0. The van der Waals surface area contributed by atoms with Crippen molar-refractivity contribution in [2.75, 3.05) is 31.1 Å². The molecule has 2 fully saturated rings. The maximum atomic E-state index is 13.5. The molecule has 0 aromatic heterocycles. The number of Topliss-reactive ketones (excluding diaryl/α,β-unsaturated/α-hetero) is 1. The number of fused-ring (bicyclic) bond motifs is 1. The van der Waals surface area contributed by atoms with Gasteiger partial charge in [-0.1, -0.05) is 29.9 Å². The molecule has 1 saturated carbocycles. The topological polar surface area (TPSA) is 52.7 Å². The van der Waals surface area contributed by atoms with Gasteiger partial charge in [-0.3, -0.25) is 9.59 Å². The first kappa shape index (κ1) is 25.0. The van der Waals surface area contributed by atoms with E-state index >= 15 is 0 Å². The largest absolute Gasteiger partial charge is 0.369 e. The summed E-state index contributed by atoms with van der Waals surface area (Å²) in [4.78, 5) is 31.4. The lowest BCUT2D eigenvalue weighted by atomic mass is 9.87. The zero-order chi connectivity index (χ0) is 25.1. The van der Waals surface area contributed by atoms with Crippen LogP contribution in [0.3, 0.4) is 0 Å². The fourth-order valence-corrected chi connectivity index (χ4v) is 6.57. The molecule has 2 aliphatic carbocycles. The number of ketones is 1. The van der Waals surface area contributed by atoms with Gasteiger partial charge in [-0.25, -0.2) is 0 Å². The smallest absolute Gasteiger partial charge is 0.251 e. The van der Waals surface area contributed by atoms with Gasteiger partial charge in [0.2, 0.25) is 0 Å². The fraction of sp³-hybridized carbons (Fsp3) is 0.548. The highest BCUT2D eigenvalue weighted by Crippen LogP contribution is 2.34. The lowest BCUT2D eigenvalue weighted by Crippen LogP contribution is -2.49. The summed E-state index contributed by atoms with van der Waals surface area (Å²) >= 11 is 0. The molecule has 0 atom stereocenters. The molecule has 192 valence electrons. The predicted octanol–water partition coefficient (Wildman–Crippen LogP) is 5.37. The number of carbonyl (C=O) groups excluding carboxylic acids is 2. The van der Waals surface area contributed by atoms with Crippen molar-refractivity contribution in [3.63, 3.8) is 0 Å². The average Bonchev–Trinajstić information content (AvgIpc) is 2.83. The molecule has 5 nitrogen and oxygen atoms in total. The van der Waals surface area contributed by atoms with Crippen molar-refractivity contribution >= 4 is 17.4 Å². The summed E-state index contributed by atoms with van der Waals surface area (Å²) in [7, 11) is 0. The Morgan fingerprint density at radius 2 is 1.89 bits per heavy atom. The molecule has 36 heavy (non-hydrogen) atoms. The molecule has 0 radical (unpaired) electrons. The molecule has 0 spiro atoms. The van der Waals surface area contributed by atoms with E-state index in [1.165, 1.54) is 50.9 Å². The van der Waals surface area contributed by atoms with E-state index in [2.05, 4.69) is 46.3 Å². The molecule has 5 rings (SSSR count). The summed E-state index contributed by atoms with van der Waals surface area (Å²) in [5.41, 5.74) is 6.01. The Labute approximate surface area is 216 Å². The number of rotatable bonds is 4. The number of hydrogen-bond acceptors (Lipinski definition) is 4. The molecule has 2 aliphatic heterocycles. The van der Waals surface area contributed by atoms with E-state index in [4.69, 9.17) is 0 Å². The van der Waals surface area contributed by atoms with Crippen molar-refractivity contribution in [3.8, 4) is 0 Å². The average molecular weight is 488 g/mol. The van der Waals surface area contributed by atoms with E-state index < -0.39 is 0 Å². The van der Waals surface area contributed by atoms with E-state index in [0.717, 1.165) is 59.7 Å². The predicted molar refractivity (Wildman–Crippen MR) is 147 cm³/mol. The van der Waals surface area contributed by atoms with E-state index in [9.17, 15) is 9.59 Å². The molecule has 0 unspecified atom stereocenters. The minimum atomic E-state index is -0.0794. The van der Waals surface area contributed by atoms with Gasteiger partial charge in [-0.05, 0) is 102 Å². The van der Waals surface area contributed by atoms with Gasteiger partial charge in [-0.2, -0.15) is 0 Å². The van der Waals surface area contributed by atoms with Crippen molar-refractivity contribution < 1.29 is 9.59 Å². The van der Waals surface area contributed by atoms with Crippen LogP contribution in [0.25, 0.3) is 0 Å². The number of allylic oxidation sites excluding steroid dienone is 5. The third kappa shape index (κ3) is 5.22. The molecule has 1 aromatic rings. The fourth-order valence-electron chi connectivity index (χ4n) is 6.57. The van der Waals surface area contributed by atoms with Crippen LogP contribution in [-0.4, -0.2) is 54.9 Å². The number of amides is 1. The third-order valence-corrected chi connectivity index (χ3v) is 8.64. The van der Waals surface area contributed by atoms with E-state index in [1.54, 1.807) is 0 Å². The highest BCUT2D eigenvalue weighted by atomic mass is 16.2. The van der Waals surface area contributed by atoms with Crippen molar-refractivity contribution in [2.24, 2.45) is 0 Å². The van der Waals surface area contributed by atoms with Crippen molar-refractivity contribution in [2.45, 2.75) is 83.7 Å². The van der Waals surface area contributed by atoms with Crippen molar-refractivity contribution in [3.05, 3.63) is 64.3 Å². The SMILES string of the molecule is CCN(c1cccc2c1C/C=C/CCC1=C(CNC2=O)C(=O)CC(C)=C1)C1CCC(N2CCC2)CC1. The lowest BCUT2D eigenvalue weighted by Gasteiger charge is -2.45. The van der Waals surface area contributed by atoms with Gasteiger partial charge in [0, 0.05) is 48.4 Å². The van der Waals surface area contributed by atoms with Crippen molar-refractivity contribution in [1.29, 1.82) is 0 Å². The summed E-state index contributed by atoms with van der Waals surface area (Å²) < 4.78 is 0. The number of nitrogens with zero attached hydrogens (tertiary/aromatic N) is 2. The highest BCUT2D eigenvalue weighted by Gasteiger charge is 2.32. The first-order chi connectivity index (χ1) is 17.5. The molecule has 1 aromatic carbocycles. The van der Waals surface area contributed by atoms with Crippen LogP contribution in [0.1, 0.15) is 81.1 Å². The molecular formula is C31H41N3O2. The molecule has 2 heterocycles. The third-order valence-electron chi connectivity index (χ3n) is 8.64. The number of likely N-dealkylation sites (tertiary alicyclic amines) is 1. The van der Waals surface area contributed by atoms with Crippen LogP contribution in [-0.2, 0) is 11.2 Å². The summed E-state index contributed by atoms with van der Waals surface area (Å²) in [5, 5.41) is 3.10. The number of nitrogens with one attached hydrogen (secondary N) is 1. The molecule has 1 N–H and O–H groups in total. The van der Waals surface area contributed by atoms with E-state index in [-0.39, 0.29) is 11.7 Å². The van der Waals surface area contributed by atoms with Gasteiger partial charge in [0.15, 0.2) is 5.78 Å². The van der Waals surface area contributed by atoms with Crippen LogP contribution in [0.15, 0.2) is 53.1 Å².